The predicted molar refractivity (Wildman–Crippen MR) is 84.0 cm³/mol. The molecule has 0 amide bonds. The molecule has 0 aliphatic rings. The van der Waals surface area contributed by atoms with Crippen molar-refractivity contribution in [2.45, 2.75) is 13.3 Å². The largest absolute Gasteiger partial charge is 0.389 e. The molecule has 0 atom stereocenters. The van der Waals surface area contributed by atoms with E-state index in [0.717, 1.165) is 23.5 Å². The van der Waals surface area contributed by atoms with Gasteiger partial charge in [-0.05, 0) is 36.2 Å². The first-order valence-corrected chi connectivity index (χ1v) is 6.61. The fourth-order valence-corrected chi connectivity index (χ4v) is 2.09. The summed E-state index contributed by atoms with van der Waals surface area (Å²) < 4.78 is 0. The van der Waals surface area contributed by atoms with Crippen molar-refractivity contribution in [1.82, 2.24) is 4.98 Å². The Morgan fingerprint density at radius 3 is 2.53 bits per heavy atom. The number of hydrogen-bond donors (Lipinski definition) is 1. The summed E-state index contributed by atoms with van der Waals surface area (Å²) in [5.74, 6) is 0.777. The number of aryl methyl sites for hydroxylation is 1. The van der Waals surface area contributed by atoms with Crippen LogP contribution in [0.4, 0.5) is 11.5 Å². The second-order valence-corrected chi connectivity index (χ2v) is 4.76. The highest BCUT2D eigenvalue weighted by Crippen LogP contribution is 2.25. The number of hydrogen-bond acceptors (Lipinski definition) is 3. The van der Waals surface area contributed by atoms with Crippen LogP contribution < -0.4 is 10.6 Å². The standard InChI is InChI=1S/C15H17N3S/c1-3-11-6-8-12(9-7-11)18(2)15-13(14(16)19)5-4-10-17-15/h4-10H,3H2,1-2H3,(H2,16,19). The topological polar surface area (TPSA) is 42.2 Å². The summed E-state index contributed by atoms with van der Waals surface area (Å²) in [6, 6.07) is 12.1. The van der Waals surface area contributed by atoms with Crippen LogP contribution in [0.2, 0.25) is 0 Å². The zero-order chi connectivity index (χ0) is 13.8. The molecule has 0 aliphatic heterocycles. The summed E-state index contributed by atoms with van der Waals surface area (Å²) in [6.45, 7) is 2.14. The molecule has 0 aliphatic carbocycles. The van der Waals surface area contributed by atoms with Crippen molar-refractivity contribution in [1.29, 1.82) is 0 Å². The lowest BCUT2D eigenvalue weighted by atomic mass is 10.1. The molecule has 3 nitrogen and oxygen atoms in total. The molecule has 0 saturated carbocycles. The summed E-state index contributed by atoms with van der Waals surface area (Å²) in [5.41, 5.74) is 8.91. The number of nitrogens with zero attached hydrogens (tertiary/aromatic N) is 2. The van der Waals surface area contributed by atoms with Crippen molar-refractivity contribution in [2.75, 3.05) is 11.9 Å². The minimum atomic E-state index is 0.361. The molecule has 1 heterocycles. The van der Waals surface area contributed by atoms with Crippen LogP contribution in [0, 0.1) is 0 Å². The van der Waals surface area contributed by atoms with Crippen molar-refractivity contribution >= 4 is 28.7 Å². The van der Waals surface area contributed by atoms with Crippen molar-refractivity contribution in [3.05, 3.63) is 53.7 Å². The smallest absolute Gasteiger partial charge is 0.142 e. The summed E-state index contributed by atoms with van der Waals surface area (Å²) in [5, 5.41) is 0. The van der Waals surface area contributed by atoms with Crippen LogP contribution in [-0.2, 0) is 6.42 Å². The predicted octanol–water partition coefficient (Wildman–Crippen LogP) is 3.05. The van der Waals surface area contributed by atoms with Gasteiger partial charge in [-0.3, -0.25) is 0 Å². The molecule has 2 aromatic rings. The van der Waals surface area contributed by atoms with Crippen molar-refractivity contribution in [3.8, 4) is 0 Å². The highest BCUT2D eigenvalue weighted by atomic mass is 32.1. The van der Waals surface area contributed by atoms with Gasteiger partial charge in [0.1, 0.15) is 10.8 Å². The average Bonchev–Trinajstić information content (AvgIpc) is 2.46. The van der Waals surface area contributed by atoms with Crippen LogP contribution in [-0.4, -0.2) is 17.0 Å². The van der Waals surface area contributed by atoms with Gasteiger partial charge >= 0.3 is 0 Å². The third-order valence-electron chi connectivity index (χ3n) is 3.10. The van der Waals surface area contributed by atoms with Gasteiger partial charge in [0.05, 0.1) is 5.56 Å². The van der Waals surface area contributed by atoms with E-state index >= 15 is 0 Å². The van der Waals surface area contributed by atoms with Gasteiger partial charge < -0.3 is 10.6 Å². The average molecular weight is 271 g/mol. The van der Waals surface area contributed by atoms with E-state index in [4.69, 9.17) is 18.0 Å². The fraction of sp³-hybridized carbons (Fsp3) is 0.200. The van der Waals surface area contributed by atoms with Gasteiger partial charge in [0.25, 0.3) is 0 Å². The maximum Gasteiger partial charge on any atom is 0.142 e. The minimum Gasteiger partial charge on any atom is -0.389 e. The highest BCUT2D eigenvalue weighted by Gasteiger charge is 2.12. The number of nitrogens with two attached hydrogens (primary N) is 1. The maximum absolute atomic E-state index is 5.74. The van der Waals surface area contributed by atoms with Gasteiger partial charge in [-0.1, -0.05) is 31.3 Å². The Bertz CT molecular complexity index is 578. The van der Waals surface area contributed by atoms with E-state index in [1.165, 1.54) is 5.56 Å². The summed E-state index contributed by atoms with van der Waals surface area (Å²) >= 11 is 5.07. The van der Waals surface area contributed by atoms with Gasteiger partial charge in [-0.2, -0.15) is 0 Å². The Balaban J connectivity index is 2.37. The zero-order valence-electron chi connectivity index (χ0n) is 11.1. The van der Waals surface area contributed by atoms with Crippen molar-refractivity contribution in [2.24, 2.45) is 5.73 Å². The molecule has 1 aromatic carbocycles. The van der Waals surface area contributed by atoms with E-state index < -0.39 is 0 Å². The Morgan fingerprint density at radius 2 is 1.95 bits per heavy atom. The van der Waals surface area contributed by atoms with Crippen LogP contribution in [0.3, 0.4) is 0 Å². The molecule has 0 radical (unpaired) electrons. The lowest BCUT2D eigenvalue weighted by Gasteiger charge is -2.21. The first-order chi connectivity index (χ1) is 9.13. The SMILES string of the molecule is CCc1ccc(N(C)c2ncccc2C(N)=S)cc1. The molecule has 0 unspecified atom stereocenters. The number of anilines is 2. The first-order valence-electron chi connectivity index (χ1n) is 6.21. The fourth-order valence-electron chi connectivity index (χ4n) is 1.93. The van der Waals surface area contributed by atoms with Crippen LogP contribution >= 0.6 is 12.2 Å². The molecule has 0 spiro atoms. The Morgan fingerprint density at radius 1 is 1.26 bits per heavy atom. The quantitative estimate of drug-likeness (QED) is 0.868. The van der Waals surface area contributed by atoms with Crippen LogP contribution in [0.1, 0.15) is 18.1 Å². The van der Waals surface area contributed by atoms with E-state index in [0.29, 0.717) is 4.99 Å². The van der Waals surface area contributed by atoms with E-state index in [1.54, 1.807) is 6.20 Å². The van der Waals surface area contributed by atoms with Crippen LogP contribution in [0.15, 0.2) is 42.6 Å². The summed E-state index contributed by atoms with van der Waals surface area (Å²) in [4.78, 5) is 6.73. The highest BCUT2D eigenvalue weighted by molar-refractivity contribution is 7.80. The van der Waals surface area contributed by atoms with Gasteiger partial charge in [0, 0.05) is 18.9 Å². The van der Waals surface area contributed by atoms with Gasteiger partial charge in [-0.25, -0.2) is 4.98 Å². The van der Waals surface area contributed by atoms with Gasteiger partial charge in [0.15, 0.2) is 0 Å². The molecule has 19 heavy (non-hydrogen) atoms. The third-order valence-corrected chi connectivity index (χ3v) is 3.32. The zero-order valence-corrected chi connectivity index (χ0v) is 11.9. The number of aromatic nitrogens is 1. The monoisotopic (exact) mass is 271 g/mol. The molecule has 4 heteroatoms. The van der Waals surface area contributed by atoms with E-state index in [-0.39, 0.29) is 0 Å². The van der Waals surface area contributed by atoms with E-state index in [9.17, 15) is 0 Å². The van der Waals surface area contributed by atoms with E-state index in [1.807, 2.05) is 24.1 Å². The number of benzene rings is 1. The number of pyridine rings is 1. The second kappa shape index (κ2) is 5.80. The summed E-state index contributed by atoms with van der Waals surface area (Å²) in [6.07, 6.45) is 2.78. The normalized spacial score (nSPS) is 10.2. The molecular weight excluding hydrogens is 254 g/mol. The van der Waals surface area contributed by atoms with Gasteiger partial charge in [0.2, 0.25) is 0 Å². The Hall–Kier alpha value is -1.94. The third kappa shape index (κ3) is 2.90. The molecule has 2 N–H and O–H groups in total. The molecule has 98 valence electrons. The second-order valence-electron chi connectivity index (χ2n) is 4.32. The number of rotatable bonds is 4. The molecule has 1 aromatic heterocycles. The number of thiocarbonyl (C=S) groups is 1. The van der Waals surface area contributed by atoms with Crippen molar-refractivity contribution in [3.63, 3.8) is 0 Å². The summed E-state index contributed by atoms with van der Waals surface area (Å²) in [7, 11) is 1.96. The molecule has 0 fully saturated rings. The van der Waals surface area contributed by atoms with Crippen LogP contribution in [0.5, 0.6) is 0 Å². The van der Waals surface area contributed by atoms with Crippen molar-refractivity contribution < 1.29 is 0 Å². The molecule has 0 saturated heterocycles. The van der Waals surface area contributed by atoms with Crippen LogP contribution in [0.25, 0.3) is 0 Å². The van der Waals surface area contributed by atoms with E-state index in [2.05, 4.69) is 36.2 Å². The maximum atomic E-state index is 5.74. The minimum absolute atomic E-state index is 0.361. The lowest BCUT2D eigenvalue weighted by Crippen LogP contribution is -2.19. The van der Waals surface area contributed by atoms with Gasteiger partial charge in [-0.15, -0.1) is 0 Å². The Labute approximate surface area is 119 Å². The molecule has 0 bridgehead atoms. The lowest BCUT2D eigenvalue weighted by molar-refractivity contribution is 1.10. The molecule has 2 rings (SSSR count). The Kier molecular flexibility index (Phi) is 4.12. The molecular formula is C15H17N3S. The first kappa shape index (κ1) is 13.5.